The maximum Gasteiger partial charge on any atom is 0.416 e. The quantitative estimate of drug-likeness (QED) is 0.248. The summed E-state index contributed by atoms with van der Waals surface area (Å²) < 4.78 is 11.7. The monoisotopic (exact) mass is 571 g/mol. The van der Waals surface area contributed by atoms with Crippen molar-refractivity contribution in [2.45, 2.75) is 38.5 Å². The van der Waals surface area contributed by atoms with Crippen LogP contribution in [0.2, 0.25) is 5.02 Å². The Kier molecular flexibility index (Phi) is 7.63. The fourth-order valence-electron chi connectivity index (χ4n) is 5.25. The lowest BCUT2D eigenvalue weighted by Gasteiger charge is -2.35. The summed E-state index contributed by atoms with van der Waals surface area (Å²) in [5, 5.41) is 20.0. The second kappa shape index (κ2) is 11.6. The van der Waals surface area contributed by atoms with E-state index in [2.05, 4.69) is 15.2 Å². The normalized spacial score (nSPS) is 15.5. The van der Waals surface area contributed by atoms with Crippen LogP contribution in [0, 0.1) is 6.92 Å². The van der Waals surface area contributed by atoms with Crippen molar-refractivity contribution >= 4 is 28.6 Å². The number of aliphatic hydroxyl groups excluding tert-OH is 1. The molecule has 0 saturated carbocycles. The number of amides is 1. The summed E-state index contributed by atoms with van der Waals surface area (Å²) in [5.74, 6) is 1.18. The third kappa shape index (κ3) is 5.91. The van der Waals surface area contributed by atoms with Crippen molar-refractivity contribution in [2.75, 3.05) is 13.2 Å². The van der Waals surface area contributed by atoms with E-state index < -0.39 is 12.2 Å². The van der Waals surface area contributed by atoms with Gasteiger partial charge in [-0.1, -0.05) is 41.4 Å². The maximum atomic E-state index is 13.5. The molecule has 9 nitrogen and oxygen atoms in total. The first-order chi connectivity index (χ1) is 19.9. The van der Waals surface area contributed by atoms with Gasteiger partial charge < -0.3 is 19.6 Å². The van der Waals surface area contributed by atoms with Gasteiger partial charge in [0.1, 0.15) is 17.5 Å². The highest BCUT2D eigenvalue weighted by atomic mass is 35.5. The first-order valence-corrected chi connectivity index (χ1v) is 13.9. The lowest BCUT2D eigenvalue weighted by atomic mass is 9.92. The Morgan fingerprint density at radius 2 is 1.80 bits per heavy atom. The molecule has 0 aliphatic carbocycles. The predicted octanol–water partition coefficient (Wildman–Crippen LogP) is 5.70. The van der Waals surface area contributed by atoms with Crippen LogP contribution in [0.15, 0.2) is 79.1 Å². The average Bonchev–Trinajstić information content (AvgIpc) is 3.61. The number of aryl methyl sites for hydroxylation is 1. The van der Waals surface area contributed by atoms with Gasteiger partial charge in [0.15, 0.2) is 0 Å². The molecule has 1 aliphatic rings. The first kappa shape index (κ1) is 26.9. The number of carbonyl (C=O) groups is 1. The fraction of sp³-hybridized carbons (Fsp3) is 0.258. The van der Waals surface area contributed by atoms with Crippen LogP contribution in [0.1, 0.15) is 34.8 Å². The number of hydrogen-bond donors (Lipinski definition) is 2. The minimum Gasteiger partial charge on any atom is -0.493 e. The molecule has 0 radical (unpaired) electrons. The van der Waals surface area contributed by atoms with Gasteiger partial charge in [-0.3, -0.25) is 4.90 Å². The molecular formula is C31H30ClN5O4. The molecule has 3 heterocycles. The van der Waals surface area contributed by atoms with Crippen LogP contribution in [-0.2, 0) is 13.0 Å². The van der Waals surface area contributed by atoms with E-state index in [9.17, 15) is 9.90 Å². The molecule has 0 spiro atoms. The molecule has 2 aromatic heterocycles. The summed E-state index contributed by atoms with van der Waals surface area (Å²) in [6, 6.07) is 20.5. The molecule has 1 amide bonds. The first-order valence-electron chi connectivity index (χ1n) is 13.5. The van der Waals surface area contributed by atoms with Crippen molar-refractivity contribution in [3.63, 3.8) is 0 Å². The number of nitrogens with zero attached hydrogens (tertiary/aromatic N) is 4. The van der Waals surface area contributed by atoms with E-state index in [4.69, 9.17) is 21.1 Å². The Hall–Kier alpha value is -4.34. The average molecular weight is 572 g/mol. The van der Waals surface area contributed by atoms with Crippen LogP contribution in [0.3, 0.4) is 0 Å². The molecule has 210 valence electrons. The summed E-state index contributed by atoms with van der Waals surface area (Å²) in [6.45, 7) is 3.13. The zero-order chi connectivity index (χ0) is 28.3. The molecule has 0 fully saturated rings. The number of rotatable bonds is 8. The number of halogens is 1. The molecule has 2 atom stereocenters. The molecule has 0 saturated heterocycles. The maximum absolute atomic E-state index is 13.5. The number of aromatic nitrogens is 4. The Morgan fingerprint density at radius 3 is 2.56 bits per heavy atom. The van der Waals surface area contributed by atoms with E-state index in [1.165, 1.54) is 4.80 Å². The third-order valence-corrected chi connectivity index (χ3v) is 7.54. The van der Waals surface area contributed by atoms with Crippen LogP contribution < -0.4 is 9.47 Å². The minimum atomic E-state index is -0.619. The van der Waals surface area contributed by atoms with E-state index in [1.807, 2.05) is 61.5 Å². The van der Waals surface area contributed by atoms with E-state index in [0.29, 0.717) is 49.1 Å². The number of benzene rings is 3. The standard InChI is InChI=1S/C31H30ClN5O4/c1-20-2-7-25(8-3-20)41-31(39)36-16-12-26-27-18-22(32)6-11-28(27)35-29(26)30(36)21-4-9-24(10-5-21)40-17-13-23(38)19-37-33-14-15-34-37/h2-11,14-15,18,23,30,35,38H,12-13,16-17,19H2,1H3. The van der Waals surface area contributed by atoms with Crippen LogP contribution >= 0.6 is 11.6 Å². The largest absolute Gasteiger partial charge is 0.493 e. The Balaban J connectivity index is 1.23. The van der Waals surface area contributed by atoms with Gasteiger partial charge in [-0.2, -0.15) is 15.0 Å². The summed E-state index contributed by atoms with van der Waals surface area (Å²) in [7, 11) is 0. The van der Waals surface area contributed by atoms with Gasteiger partial charge in [-0.25, -0.2) is 4.79 Å². The highest BCUT2D eigenvalue weighted by Crippen LogP contribution is 2.40. The Labute approximate surface area is 242 Å². The van der Waals surface area contributed by atoms with E-state index >= 15 is 0 Å². The van der Waals surface area contributed by atoms with Crippen molar-refractivity contribution in [1.82, 2.24) is 24.9 Å². The van der Waals surface area contributed by atoms with Gasteiger partial charge in [-0.15, -0.1) is 0 Å². The molecule has 41 heavy (non-hydrogen) atoms. The summed E-state index contributed by atoms with van der Waals surface area (Å²) in [5.41, 5.74) is 5.07. The second-order valence-electron chi connectivity index (χ2n) is 10.2. The van der Waals surface area contributed by atoms with Crippen LogP contribution in [0.5, 0.6) is 11.5 Å². The van der Waals surface area contributed by atoms with Gasteiger partial charge in [0.25, 0.3) is 0 Å². The number of ether oxygens (including phenoxy) is 2. The lowest BCUT2D eigenvalue weighted by Crippen LogP contribution is -2.42. The van der Waals surface area contributed by atoms with E-state index in [1.54, 1.807) is 29.4 Å². The van der Waals surface area contributed by atoms with Gasteiger partial charge in [-0.05, 0) is 66.9 Å². The van der Waals surface area contributed by atoms with Crippen molar-refractivity contribution < 1.29 is 19.4 Å². The van der Waals surface area contributed by atoms with Gasteiger partial charge in [0.05, 0.1) is 31.6 Å². The zero-order valence-electron chi connectivity index (χ0n) is 22.5. The zero-order valence-corrected chi connectivity index (χ0v) is 23.3. The van der Waals surface area contributed by atoms with Gasteiger partial charge in [0, 0.05) is 34.6 Å². The molecule has 3 aromatic carbocycles. The number of nitrogens with one attached hydrogen (secondary N) is 1. The molecule has 2 N–H and O–H groups in total. The summed E-state index contributed by atoms with van der Waals surface area (Å²) >= 11 is 6.33. The van der Waals surface area contributed by atoms with Crippen LogP contribution in [0.4, 0.5) is 4.79 Å². The number of aliphatic hydroxyl groups is 1. The second-order valence-corrected chi connectivity index (χ2v) is 10.6. The summed E-state index contributed by atoms with van der Waals surface area (Å²) in [6.07, 6.45) is 3.23. The van der Waals surface area contributed by atoms with Crippen molar-refractivity contribution in [2.24, 2.45) is 0 Å². The SMILES string of the molecule is Cc1ccc(OC(=O)N2CCc3c([nH]c4ccc(Cl)cc34)C2c2ccc(OCCC(O)Cn3nccn3)cc2)cc1. The fourth-order valence-corrected chi connectivity index (χ4v) is 5.42. The molecular weight excluding hydrogens is 542 g/mol. The molecule has 2 unspecified atom stereocenters. The summed E-state index contributed by atoms with van der Waals surface area (Å²) in [4.78, 5) is 20.3. The topological polar surface area (TPSA) is 106 Å². The molecule has 1 aliphatic heterocycles. The molecule has 5 aromatic rings. The smallest absolute Gasteiger partial charge is 0.416 e. The van der Waals surface area contributed by atoms with E-state index in [0.717, 1.165) is 33.3 Å². The number of hydrogen-bond acceptors (Lipinski definition) is 6. The van der Waals surface area contributed by atoms with Crippen molar-refractivity contribution in [1.29, 1.82) is 0 Å². The number of carbonyl (C=O) groups excluding carboxylic acids is 1. The van der Waals surface area contributed by atoms with Gasteiger partial charge >= 0.3 is 6.09 Å². The number of H-pyrrole nitrogens is 1. The van der Waals surface area contributed by atoms with Crippen LogP contribution in [-0.4, -0.2) is 55.3 Å². The Morgan fingerprint density at radius 1 is 1.07 bits per heavy atom. The van der Waals surface area contributed by atoms with Crippen LogP contribution in [0.25, 0.3) is 10.9 Å². The van der Waals surface area contributed by atoms with Gasteiger partial charge in [0.2, 0.25) is 0 Å². The predicted molar refractivity (Wildman–Crippen MR) is 155 cm³/mol. The molecule has 10 heteroatoms. The van der Waals surface area contributed by atoms with E-state index in [-0.39, 0.29) is 6.04 Å². The third-order valence-electron chi connectivity index (χ3n) is 7.31. The molecule has 0 bridgehead atoms. The number of aromatic amines is 1. The highest BCUT2D eigenvalue weighted by Gasteiger charge is 2.35. The highest BCUT2D eigenvalue weighted by molar-refractivity contribution is 6.31. The number of fused-ring (bicyclic) bond motifs is 3. The van der Waals surface area contributed by atoms with Crippen molar-refractivity contribution in [3.05, 3.63) is 107 Å². The lowest BCUT2D eigenvalue weighted by molar-refractivity contribution is 0.114. The minimum absolute atomic E-state index is 0.309. The molecule has 6 rings (SSSR count). The van der Waals surface area contributed by atoms with Crippen molar-refractivity contribution in [3.8, 4) is 11.5 Å². The Bertz CT molecular complexity index is 1630.